The van der Waals surface area contributed by atoms with Crippen molar-refractivity contribution < 1.29 is 55.4 Å². The minimum atomic E-state index is -4.56. The Morgan fingerprint density at radius 1 is 0.635 bits per heavy atom. The highest BCUT2D eigenvalue weighted by Gasteiger charge is 2.42. The van der Waals surface area contributed by atoms with Crippen LogP contribution in [-0.4, -0.2) is 171 Å². The molecule has 660 valence electrons. The molecule has 2 saturated carbocycles. The van der Waals surface area contributed by atoms with E-state index in [2.05, 4.69) is 111 Å². The lowest BCUT2D eigenvalue weighted by atomic mass is 9.69. The normalized spacial score (nSPS) is 19.9. The number of nitrogens with zero attached hydrogens (tertiary/aromatic N) is 9. The lowest BCUT2D eigenvalue weighted by Gasteiger charge is -2.46. The Morgan fingerprint density at radius 2 is 1.20 bits per heavy atom. The van der Waals surface area contributed by atoms with E-state index in [1.165, 1.54) is 51.7 Å². The molecular formula is C95H106Cl2N14O13S2. The number of rotatable bonds is 25. The number of amides is 2. The molecule has 10 aromatic rings. The zero-order valence-electron chi connectivity index (χ0n) is 71.5. The number of aromatic amines is 2. The fourth-order valence-electron chi connectivity index (χ4n) is 18.3. The van der Waals surface area contributed by atoms with Crippen molar-refractivity contribution in [2.75, 3.05) is 107 Å². The number of carbonyl (C=O) groups excluding carboxylic acids is 2. The monoisotopic (exact) mass is 1780 g/mol. The van der Waals surface area contributed by atoms with Gasteiger partial charge in [0.05, 0.1) is 75.9 Å². The van der Waals surface area contributed by atoms with Gasteiger partial charge in [0.2, 0.25) is 5.88 Å². The number of nitro benzene ring substituents is 1. The van der Waals surface area contributed by atoms with Crippen molar-refractivity contribution >= 4 is 111 Å². The largest absolute Gasteiger partial charge is 0.476 e. The zero-order chi connectivity index (χ0) is 88.3. The molecule has 31 heteroatoms. The molecule has 2 amide bonds. The Kier molecular flexibility index (Phi) is 26.1. The summed E-state index contributed by atoms with van der Waals surface area (Å²) in [5.41, 5.74) is 11.1. The number of carbonyl (C=O) groups is 2. The Hall–Kier alpha value is -10.9. The number of halogens is 2. The average Bonchev–Trinajstić information content (AvgIpc) is 1.06. The van der Waals surface area contributed by atoms with Crippen LogP contribution in [-0.2, 0) is 24.8 Å². The standard InChI is InChI=1S/C48H54ClN7O7S.C47H52ClN7O6S/c1-47(2)15-13-35(41(26-47)33-3-5-36(49)6-4-33)29-54-19-21-55(22-20-54)37-7-9-40(44(24-37)63-38-23-34-14-18-50-45(34)52-28-38)46(57)53-64(60,61)39-8-10-42(43(25-39)56(58)59)51-27-32-11-16-48(17-12-32)30-62-31-48;1-46(2)16-15-33(39(25-46)32-7-9-35(48)10-8-32)29-54-19-21-55(22-20-54)36-11-12-38(43(24-36)61-42-6-4-5-41-40(42)28-51-52-41)44(56)53-62(58,59)37-23-34(26-49)45(50-27-37)60-30-31-13-17-47(3,57)18-14-31/h3-10,14,18,23-25,28,32,51H,11-13,15-17,19-22,26-27,29-31H2,1-2H3,(H,50,52)(H,53,57);4-12,23-24,27-28,31,57H,13-22,25,29-30H2,1-3H3,(H,51,52)(H,53,56)/t;31-,47-. The van der Waals surface area contributed by atoms with Crippen LogP contribution in [0.1, 0.15) is 162 Å². The number of nitro groups is 1. The molecule has 126 heavy (non-hydrogen) atoms. The van der Waals surface area contributed by atoms with Crippen LogP contribution in [0.2, 0.25) is 10.0 Å². The lowest BCUT2D eigenvalue weighted by molar-refractivity contribution is -0.384. The van der Waals surface area contributed by atoms with Crippen LogP contribution in [0.5, 0.6) is 28.9 Å². The highest BCUT2D eigenvalue weighted by molar-refractivity contribution is 7.90. The van der Waals surface area contributed by atoms with Gasteiger partial charge in [0.25, 0.3) is 37.5 Å². The maximum absolute atomic E-state index is 14.0. The second-order valence-electron chi connectivity index (χ2n) is 36.6. The molecular weight excluding hydrogens is 1680 g/mol. The first kappa shape index (κ1) is 88.5. The summed E-state index contributed by atoms with van der Waals surface area (Å²) in [6.07, 6.45) is 19.3. The number of piperazine rings is 2. The first-order valence-electron chi connectivity index (χ1n) is 43.2. The third-order valence-corrected chi connectivity index (χ3v) is 29.3. The summed E-state index contributed by atoms with van der Waals surface area (Å²) in [4.78, 5) is 59.9. The molecule has 4 aromatic heterocycles. The van der Waals surface area contributed by atoms with Crippen molar-refractivity contribution in [3.63, 3.8) is 0 Å². The molecule has 6 N–H and O–H groups in total. The quantitative estimate of drug-likeness (QED) is 0.0229. The summed E-state index contributed by atoms with van der Waals surface area (Å²) in [6, 6.07) is 42.4. The molecule has 5 fully saturated rings. The van der Waals surface area contributed by atoms with E-state index >= 15 is 0 Å². The fraction of sp³-hybridized carbons (Fsp3) is 0.411. The highest BCUT2D eigenvalue weighted by atomic mass is 35.5. The Bertz CT molecular complexity index is 6070. The molecule has 3 aliphatic heterocycles. The lowest BCUT2D eigenvalue weighted by Crippen LogP contribution is -2.47. The number of aromatic nitrogens is 5. The second kappa shape index (κ2) is 37.2. The molecule has 17 rings (SSSR count). The molecule has 7 heterocycles. The number of pyridine rings is 2. The van der Waals surface area contributed by atoms with Crippen LogP contribution in [0.3, 0.4) is 0 Å². The molecule has 27 nitrogen and oxygen atoms in total. The van der Waals surface area contributed by atoms with E-state index in [9.17, 15) is 46.9 Å². The van der Waals surface area contributed by atoms with Gasteiger partial charge in [-0.3, -0.25) is 34.6 Å². The van der Waals surface area contributed by atoms with Gasteiger partial charge in [0.1, 0.15) is 50.9 Å². The molecule has 0 radical (unpaired) electrons. The smallest absolute Gasteiger partial charge is 0.293 e. The predicted octanol–water partition coefficient (Wildman–Crippen LogP) is 17.9. The van der Waals surface area contributed by atoms with E-state index in [1.807, 2.05) is 55.5 Å². The van der Waals surface area contributed by atoms with Crippen molar-refractivity contribution in [2.45, 2.75) is 140 Å². The fourth-order valence-corrected chi connectivity index (χ4v) is 20.5. The van der Waals surface area contributed by atoms with Gasteiger partial charge in [-0.1, -0.05) is 92.4 Å². The van der Waals surface area contributed by atoms with Gasteiger partial charge >= 0.3 is 0 Å². The van der Waals surface area contributed by atoms with Crippen LogP contribution < -0.4 is 38.8 Å². The number of nitriles is 1. The Morgan fingerprint density at radius 3 is 1.75 bits per heavy atom. The predicted molar refractivity (Wildman–Crippen MR) is 488 cm³/mol. The summed E-state index contributed by atoms with van der Waals surface area (Å²) < 4.78 is 83.3. The zero-order valence-corrected chi connectivity index (χ0v) is 74.6. The van der Waals surface area contributed by atoms with Crippen LogP contribution >= 0.6 is 23.2 Å². The first-order chi connectivity index (χ1) is 60.4. The number of H-pyrrole nitrogens is 2. The third kappa shape index (κ3) is 21.0. The molecule has 6 aromatic carbocycles. The molecule has 0 atom stereocenters. The molecule has 7 aliphatic rings. The van der Waals surface area contributed by atoms with Crippen LogP contribution in [0.15, 0.2) is 185 Å². The molecule has 0 unspecified atom stereocenters. The molecule has 4 aliphatic carbocycles. The number of ether oxygens (including phenoxy) is 4. The molecule has 1 spiro atoms. The van der Waals surface area contributed by atoms with Crippen LogP contribution in [0, 0.1) is 49.5 Å². The van der Waals surface area contributed by atoms with Crippen molar-refractivity contribution in [3.8, 4) is 34.9 Å². The van der Waals surface area contributed by atoms with Crippen molar-refractivity contribution in [2.24, 2.45) is 28.1 Å². The number of anilines is 3. The number of fused-ring (bicyclic) bond motifs is 2. The topological polar surface area (TPSA) is 346 Å². The van der Waals surface area contributed by atoms with E-state index in [0.29, 0.717) is 47.8 Å². The van der Waals surface area contributed by atoms with Gasteiger partial charge < -0.3 is 44.2 Å². The van der Waals surface area contributed by atoms with Gasteiger partial charge in [0, 0.05) is 129 Å². The van der Waals surface area contributed by atoms with Crippen LogP contribution in [0.25, 0.3) is 33.1 Å². The van der Waals surface area contributed by atoms with Crippen molar-refractivity contribution in [3.05, 3.63) is 223 Å². The Balaban J connectivity index is 0.000000186. The van der Waals surface area contributed by atoms with E-state index < -0.39 is 53.0 Å². The van der Waals surface area contributed by atoms with Gasteiger partial charge in [-0.2, -0.15) is 10.4 Å². The molecule has 0 bridgehead atoms. The van der Waals surface area contributed by atoms with Crippen LogP contribution in [0.4, 0.5) is 22.7 Å². The minimum absolute atomic E-state index is 0.00164. The number of hydrogen-bond donors (Lipinski definition) is 6. The number of nitrogens with one attached hydrogen (secondary N) is 5. The van der Waals surface area contributed by atoms with E-state index in [0.717, 1.165) is 206 Å². The van der Waals surface area contributed by atoms with Gasteiger partial charge in [0.15, 0.2) is 0 Å². The minimum Gasteiger partial charge on any atom is -0.476 e. The number of sulfonamides is 2. The summed E-state index contributed by atoms with van der Waals surface area (Å²) in [6.45, 7) is 21.6. The Labute approximate surface area is 744 Å². The second-order valence-corrected chi connectivity index (χ2v) is 40.9. The summed E-state index contributed by atoms with van der Waals surface area (Å²) in [5, 5.41) is 45.6. The summed E-state index contributed by atoms with van der Waals surface area (Å²) in [5.74, 6) is -0.244. The maximum atomic E-state index is 14.0. The molecule has 3 saturated heterocycles. The van der Waals surface area contributed by atoms with E-state index in [1.54, 1.807) is 60.9 Å². The highest BCUT2D eigenvalue weighted by Crippen LogP contribution is 2.48. The number of benzene rings is 6. The summed E-state index contributed by atoms with van der Waals surface area (Å²) >= 11 is 12.5. The van der Waals surface area contributed by atoms with Gasteiger partial charge in [-0.05, 0) is 233 Å². The SMILES string of the molecule is CC1(C)CCC(CN2CCN(c3ccc(C(=O)NS(=O)(=O)c4ccc(NCC5CCC6(CC5)COC6)c([N+](=O)[O-])c4)c(Oc4cnc5[nH]ccc5c4)c3)CC2)=C(c2ccc(Cl)cc2)C1.CC1(C)CCC(CN2CCN(c3ccc(C(=O)NS(=O)(=O)c4cnc(OC[C@H]5CC[C@](C)(O)CC5)c(C#N)c4)c(Oc4cccc5[nH]ncc45)c3)CC2)=C(c2ccc(Cl)cc2)C1. The first-order valence-corrected chi connectivity index (χ1v) is 47.0. The van der Waals surface area contributed by atoms with Gasteiger partial charge in [-0.25, -0.2) is 36.2 Å². The van der Waals surface area contributed by atoms with Crippen molar-refractivity contribution in [1.29, 1.82) is 5.26 Å². The van der Waals surface area contributed by atoms with Gasteiger partial charge in [-0.15, -0.1) is 0 Å². The van der Waals surface area contributed by atoms with E-state index in [4.69, 9.17) is 42.1 Å². The number of allylic oxidation sites excluding steroid dienone is 2. The number of aliphatic hydroxyl groups is 1. The van der Waals surface area contributed by atoms with E-state index in [-0.39, 0.29) is 73.4 Å². The van der Waals surface area contributed by atoms with Crippen molar-refractivity contribution in [1.82, 2.24) is 44.4 Å². The maximum Gasteiger partial charge on any atom is 0.293 e. The number of hydrogen-bond acceptors (Lipinski definition) is 22. The summed E-state index contributed by atoms with van der Waals surface area (Å²) in [7, 11) is -9.05. The third-order valence-electron chi connectivity index (χ3n) is 26.1. The average molecular weight is 1790 g/mol.